The highest BCUT2D eigenvalue weighted by Crippen LogP contribution is 2.13. The topological polar surface area (TPSA) is 90.8 Å². The zero-order valence-electron chi connectivity index (χ0n) is 13.9. The lowest BCUT2D eigenvalue weighted by atomic mass is 10.0. The van der Waals surface area contributed by atoms with Gasteiger partial charge in [0.05, 0.1) is 6.42 Å². The lowest BCUT2D eigenvalue weighted by Crippen LogP contribution is -2.69. The number of fused-ring (bicyclic) bond motifs is 4. The number of carboxylic acids is 1. The maximum Gasteiger partial charge on any atom is 0.490 e. The van der Waals surface area contributed by atoms with E-state index in [1.165, 1.54) is 5.56 Å². The first kappa shape index (κ1) is 19.5. The maximum atomic E-state index is 11.9. The molecule has 0 spiro atoms. The number of carbonyl (C=O) groups is 2. The number of carboxylic acid groups (broad SMARTS) is 1. The van der Waals surface area contributed by atoms with Gasteiger partial charge in [-0.1, -0.05) is 22.3 Å². The van der Waals surface area contributed by atoms with Gasteiger partial charge in [-0.3, -0.25) is 4.79 Å². The predicted molar refractivity (Wildman–Crippen MR) is 80.8 cm³/mol. The summed E-state index contributed by atoms with van der Waals surface area (Å²) in [7, 11) is 0. The first-order chi connectivity index (χ1) is 12.3. The molecule has 1 aliphatic heterocycles. The zero-order valence-corrected chi connectivity index (χ0v) is 13.9. The molecule has 0 saturated carbocycles. The normalized spacial score (nSPS) is 15.0. The Kier molecular flexibility index (Phi) is 6.42. The highest BCUT2D eigenvalue weighted by molar-refractivity contribution is 5.80. The standard InChI is InChI=1S/C14H18N4O.C2HF3O2/c19-14-7-3-1-2-5-12-6-4-8-17(11-12)18-13(9-14)10-15-16-18;3-2(4,5)1(6)7/h4,6,8,10-11H,1-3,5,7,9H2,(H,15,16);(H,6,7)/q+2;. The minimum atomic E-state index is -5.08. The van der Waals surface area contributed by atoms with Crippen LogP contribution in [0.25, 0.3) is 0 Å². The number of Topliss-reactive ketones (excluding diaryl/α,β-unsaturated/α-hetero) is 1. The van der Waals surface area contributed by atoms with Gasteiger partial charge >= 0.3 is 17.4 Å². The van der Waals surface area contributed by atoms with Gasteiger partial charge in [0, 0.05) is 6.42 Å². The number of H-pyrrole nitrogens is 1. The van der Waals surface area contributed by atoms with Crippen LogP contribution in [0.15, 0.2) is 30.7 Å². The van der Waals surface area contributed by atoms with Crippen LogP contribution in [0, 0.1) is 0 Å². The minimum Gasteiger partial charge on any atom is -0.475 e. The summed E-state index contributed by atoms with van der Waals surface area (Å²) in [4.78, 5) is 22.6. The first-order valence-corrected chi connectivity index (χ1v) is 8.05. The monoisotopic (exact) mass is 372 g/mol. The highest BCUT2D eigenvalue weighted by atomic mass is 19.4. The second-order valence-corrected chi connectivity index (χ2v) is 5.83. The van der Waals surface area contributed by atoms with Crippen molar-refractivity contribution in [3.05, 3.63) is 42.0 Å². The highest BCUT2D eigenvalue weighted by Gasteiger charge is 2.38. The van der Waals surface area contributed by atoms with E-state index >= 15 is 0 Å². The van der Waals surface area contributed by atoms with Gasteiger partial charge in [-0.25, -0.2) is 4.79 Å². The van der Waals surface area contributed by atoms with E-state index in [4.69, 9.17) is 9.90 Å². The summed E-state index contributed by atoms with van der Waals surface area (Å²) in [6.45, 7) is 0. The molecular weight excluding hydrogens is 353 g/mol. The van der Waals surface area contributed by atoms with Crippen LogP contribution in [0.2, 0.25) is 0 Å². The average molecular weight is 372 g/mol. The fourth-order valence-corrected chi connectivity index (χ4v) is 2.50. The van der Waals surface area contributed by atoms with Crippen molar-refractivity contribution in [2.75, 3.05) is 0 Å². The molecule has 1 aliphatic rings. The number of nitrogens with one attached hydrogen (secondary N) is 1. The Bertz CT molecular complexity index is 774. The number of aryl methyl sites for hydroxylation is 1. The molecule has 10 heteroatoms. The van der Waals surface area contributed by atoms with Crippen molar-refractivity contribution in [3.8, 4) is 0 Å². The number of alkyl halides is 3. The SMILES string of the molecule is O=C(O)C(F)(F)F.O=C1CCCCCc2ccc[n+](c2)-[n+]2n[nH]cc2C1. The molecule has 3 rings (SSSR count). The molecule has 0 unspecified atom stereocenters. The van der Waals surface area contributed by atoms with Gasteiger partial charge in [0.25, 0.3) is 5.69 Å². The third-order valence-electron chi connectivity index (χ3n) is 3.75. The average Bonchev–Trinajstić information content (AvgIpc) is 3.01. The predicted octanol–water partition coefficient (Wildman–Crippen LogP) is 1.16. The number of aromatic amines is 1. The van der Waals surface area contributed by atoms with Crippen LogP contribution in [0.5, 0.6) is 0 Å². The number of aromatic nitrogens is 4. The van der Waals surface area contributed by atoms with Gasteiger partial charge in [-0.2, -0.15) is 13.2 Å². The Morgan fingerprint density at radius 3 is 2.62 bits per heavy atom. The van der Waals surface area contributed by atoms with Crippen molar-refractivity contribution < 1.29 is 37.3 Å². The Hall–Kier alpha value is -2.78. The Labute approximate surface area is 147 Å². The van der Waals surface area contributed by atoms with Gasteiger partial charge < -0.3 is 5.11 Å². The largest absolute Gasteiger partial charge is 0.490 e. The lowest BCUT2D eigenvalue weighted by molar-refractivity contribution is -1.32. The molecule has 2 aromatic heterocycles. The second-order valence-electron chi connectivity index (χ2n) is 5.83. The third kappa shape index (κ3) is 5.64. The summed E-state index contributed by atoms with van der Waals surface area (Å²) in [5.41, 5.74) is 2.20. The van der Waals surface area contributed by atoms with E-state index in [2.05, 4.69) is 22.6 Å². The molecular formula is C16H19F3N4O3+2. The molecule has 2 bridgehead atoms. The number of hydrogen-bond donors (Lipinski definition) is 2. The van der Waals surface area contributed by atoms with Gasteiger partial charge in [0.1, 0.15) is 23.0 Å². The fraction of sp³-hybridized carbons (Fsp3) is 0.438. The Balaban J connectivity index is 0.000000298. The van der Waals surface area contributed by atoms with Crippen LogP contribution >= 0.6 is 0 Å². The van der Waals surface area contributed by atoms with E-state index in [-0.39, 0.29) is 5.78 Å². The summed E-state index contributed by atoms with van der Waals surface area (Å²) in [5, 5.41) is 14.2. The second kappa shape index (κ2) is 8.54. The third-order valence-corrected chi connectivity index (χ3v) is 3.75. The summed E-state index contributed by atoms with van der Waals surface area (Å²) >= 11 is 0. The Morgan fingerprint density at radius 2 is 1.92 bits per heavy atom. The quantitative estimate of drug-likeness (QED) is 0.679. The summed E-state index contributed by atoms with van der Waals surface area (Å²) in [6, 6.07) is 4.16. The molecule has 140 valence electrons. The molecule has 26 heavy (non-hydrogen) atoms. The lowest BCUT2D eigenvalue weighted by Gasteiger charge is -2.03. The van der Waals surface area contributed by atoms with E-state index in [9.17, 15) is 18.0 Å². The van der Waals surface area contributed by atoms with Crippen LogP contribution in [-0.4, -0.2) is 33.3 Å². The summed E-state index contributed by atoms with van der Waals surface area (Å²) in [6.07, 6.45) is 6.14. The number of nitrogens with zero attached hydrogens (tertiary/aromatic N) is 3. The van der Waals surface area contributed by atoms with E-state index in [0.29, 0.717) is 12.8 Å². The van der Waals surface area contributed by atoms with E-state index < -0.39 is 12.1 Å². The van der Waals surface area contributed by atoms with Crippen LogP contribution < -0.4 is 9.47 Å². The molecule has 0 aromatic carbocycles. The number of rotatable bonds is 0. The molecule has 0 saturated heterocycles. The molecule has 0 amide bonds. The van der Waals surface area contributed by atoms with Crippen molar-refractivity contribution in [1.82, 2.24) is 10.3 Å². The summed E-state index contributed by atoms with van der Waals surface area (Å²) in [5.74, 6) is -2.47. The van der Waals surface area contributed by atoms with Gasteiger partial charge in [-0.05, 0) is 30.9 Å². The van der Waals surface area contributed by atoms with E-state index in [0.717, 1.165) is 31.4 Å². The Morgan fingerprint density at radius 1 is 1.23 bits per heavy atom. The van der Waals surface area contributed by atoms with Crippen LogP contribution in [0.1, 0.15) is 36.9 Å². The van der Waals surface area contributed by atoms with Gasteiger partial charge in [0.15, 0.2) is 6.20 Å². The van der Waals surface area contributed by atoms with Crippen molar-refractivity contribution in [1.29, 1.82) is 0 Å². The number of ketones is 1. The van der Waals surface area contributed by atoms with Crippen molar-refractivity contribution in [2.45, 2.75) is 44.7 Å². The number of aliphatic carboxylic acids is 1. The van der Waals surface area contributed by atoms with Crippen molar-refractivity contribution in [3.63, 3.8) is 0 Å². The molecule has 0 aliphatic carbocycles. The molecule has 0 radical (unpaired) electrons. The van der Waals surface area contributed by atoms with E-state index in [1.54, 1.807) is 11.0 Å². The molecule has 3 heterocycles. The van der Waals surface area contributed by atoms with Gasteiger partial charge in [0.2, 0.25) is 0 Å². The summed E-state index contributed by atoms with van der Waals surface area (Å²) < 4.78 is 33.7. The fourth-order valence-electron chi connectivity index (χ4n) is 2.50. The molecule has 2 aromatic rings. The molecule has 0 fully saturated rings. The van der Waals surface area contributed by atoms with Crippen LogP contribution in [0.4, 0.5) is 13.2 Å². The van der Waals surface area contributed by atoms with Gasteiger partial charge in [-0.15, -0.1) is 0 Å². The zero-order chi connectivity index (χ0) is 19.2. The number of halogens is 3. The molecule has 0 atom stereocenters. The van der Waals surface area contributed by atoms with Crippen molar-refractivity contribution in [2.24, 2.45) is 0 Å². The van der Waals surface area contributed by atoms with Crippen LogP contribution in [-0.2, 0) is 22.4 Å². The van der Waals surface area contributed by atoms with Crippen molar-refractivity contribution >= 4 is 11.8 Å². The first-order valence-electron chi connectivity index (χ1n) is 8.05. The maximum absolute atomic E-state index is 11.9. The molecule has 7 nitrogen and oxygen atoms in total. The number of pyridine rings is 1. The number of carbonyl (C=O) groups excluding carboxylic acids is 1. The smallest absolute Gasteiger partial charge is 0.475 e. The van der Waals surface area contributed by atoms with E-state index in [1.807, 2.05) is 16.9 Å². The minimum absolute atomic E-state index is 0.285. The van der Waals surface area contributed by atoms with Crippen LogP contribution in [0.3, 0.4) is 0 Å². The number of hydrogen-bond acceptors (Lipinski definition) is 3. The molecule has 2 N–H and O–H groups in total.